The summed E-state index contributed by atoms with van der Waals surface area (Å²) < 4.78 is 8.53. The Balaban J connectivity index is 1.53. The topological polar surface area (TPSA) is 69.0 Å². The zero-order valence-electron chi connectivity index (χ0n) is 17.1. The van der Waals surface area contributed by atoms with Crippen LogP contribution in [0.5, 0.6) is 5.75 Å². The lowest BCUT2D eigenvalue weighted by Gasteiger charge is -2.09. The molecular formula is C23H24N4O2S. The molecule has 0 aliphatic rings. The standard InChI is InChI=1S/C23H24N4O2S/c1-3-4-7-13-29-18-10-8-9-17(15-18)22(28)25-21-14-16(2)26-27(21)23-24-19-11-5-6-12-20(19)30-23/h5-6,8-12,14-15H,3-4,7,13H2,1-2H3,(H,25,28). The highest BCUT2D eigenvalue weighted by Gasteiger charge is 2.15. The summed E-state index contributed by atoms with van der Waals surface area (Å²) in [6, 6.07) is 17.0. The molecular weight excluding hydrogens is 396 g/mol. The van der Waals surface area contributed by atoms with Gasteiger partial charge in [-0.1, -0.05) is 49.3 Å². The summed E-state index contributed by atoms with van der Waals surface area (Å²) in [4.78, 5) is 17.5. The van der Waals surface area contributed by atoms with Gasteiger partial charge in [0.05, 0.1) is 22.5 Å². The van der Waals surface area contributed by atoms with Crippen molar-refractivity contribution in [3.05, 3.63) is 65.9 Å². The van der Waals surface area contributed by atoms with Crippen LogP contribution in [0.25, 0.3) is 15.3 Å². The van der Waals surface area contributed by atoms with Gasteiger partial charge in [-0.3, -0.25) is 4.79 Å². The van der Waals surface area contributed by atoms with Gasteiger partial charge in [0, 0.05) is 11.6 Å². The van der Waals surface area contributed by atoms with Crippen molar-refractivity contribution in [1.82, 2.24) is 14.8 Å². The largest absolute Gasteiger partial charge is 0.494 e. The van der Waals surface area contributed by atoms with Gasteiger partial charge in [-0.25, -0.2) is 4.98 Å². The summed E-state index contributed by atoms with van der Waals surface area (Å²) in [6.07, 6.45) is 3.29. The Labute approximate surface area is 179 Å². The zero-order valence-corrected chi connectivity index (χ0v) is 17.9. The normalized spacial score (nSPS) is 11.0. The summed E-state index contributed by atoms with van der Waals surface area (Å²) in [5, 5.41) is 8.21. The van der Waals surface area contributed by atoms with E-state index in [1.807, 2.05) is 49.4 Å². The van der Waals surface area contributed by atoms with Crippen molar-refractivity contribution in [1.29, 1.82) is 0 Å². The number of amides is 1. The molecule has 0 aliphatic carbocycles. The van der Waals surface area contributed by atoms with Crippen LogP contribution < -0.4 is 10.1 Å². The van der Waals surface area contributed by atoms with Crippen LogP contribution in [0.4, 0.5) is 5.82 Å². The number of ether oxygens (including phenoxy) is 1. The summed E-state index contributed by atoms with van der Waals surface area (Å²) in [5.41, 5.74) is 2.26. The quantitative estimate of drug-likeness (QED) is 0.376. The van der Waals surface area contributed by atoms with Crippen LogP contribution in [0.2, 0.25) is 0 Å². The number of carbonyl (C=O) groups is 1. The molecule has 1 N–H and O–H groups in total. The first-order chi connectivity index (χ1) is 14.6. The molecule has 0 spiro atoms. The van der Waals surface area contributed by atoms with E-state index in [1.165, 1.54) is 11.3 Å². The van der Waals surface area contributed by atoms with E-state index < -0.39 is 0 Å². The number of thiazole rings is 1. The van der Waals surface area contributed by atoms with E-state index in [1.54, 1.807) is 16.8 Å². The molecule has 2 heterocycles. The number of nitrogens with one attached hydrogen (secondary N) is 1. The van der Waals surface area contributed by atoms with Gasteiger partial charge in [-0.2, -0.15) is 9.78 Å². The van der Waals surface area contributed by atoms with Crippen LogP contribution in [0.15, 0.2) is 54.6 Å². The lowest BCUT2D eigenvalue weighted by atomic mass is 10.2. The molecule has 7 heteroatoms. The number of hydrogen-bond donors (Lipinski definition) is 1. The van der Waals surface area contributed by atoms with Crippen LogP contribution >= 0.6 is 11.3 Å². The zero-order chi connectivity index (χ0) is 20.9. The monoisotopic (exact) mass is 420 g/mol. The molecule has 0 saturated heterocycles. The van der Waals surface area contributed by atoms with Crippen LogP contribution in [-0.2, 0) is 0 Å². The second kappa shape index (κ2) is 9.09. The number of rotatable bonds is 8. The molecule has 2 aromatic carbocycles. The van der Waals surface area contributed by atoms with Crippen molar-refractivity contribution in [2.75, 3.05) is 11.9 Å². The molecule has 0 unspecified atom stereocenters. The number of para-hydroxylation sites is 1. The van der Waals surface area contributed by atoms with E-state index in [2.05, 4.69) is 22.3 Å². The molecule has 0 saturated carbocycles. The molecule has 154 valence electrons. The predicted molar refractivity (Wildman–Crippen MR) is 121 cm³/mol. The fraction of sp³-hybridized carbons (Fsp3) is 0.261. The minimum absolute atomic E-state index is 0.212. The molecule has 4 rings (SSSR count). The van der Waals surface area contributed by atoms with Crippen LogP contribution in [-0.4, -0.2) is 27.3 Å². The number of aromatic nitrogens is 3. The third-order valence-electron chi connectivity index (χ3n) is 4.65. The number of nitrogens with zero attached hydrogens (tertiary/aromatic N) is 3. The van der Waals surface area contributed by atoms with E-state index in [9.17, 15) is 4.79 Å². The fourth-order valence-corrected chi connectivity index (χ4v) is 4.07. The van der Waals surface area contributed by atoms with E-state index in [4.69, 9.17) is 4.74 Å². The number of anilines is 1. The van der Waals surface area contributed by atoms with Crippen molar-refractivity contribution < 1.29 is 9.53 Å². The van der Waals surface area contributed by atoms with Gasteiger partial charge in [0.15, 0.2) is 0 Å². The lowest BCUT2D eigenvalue weighted by Crippen LogP contribution is -2.15. The van der Waals surface area contributed by atoms with Crippen molar-refractivity contribution in [3.63, 3.8) is 0 Å². The predicted octanol–water partition coefficient (Wildman–Crippen LogP) is 5.61. The van der Waals surface area contributed by atoms with Crippen LogP contribution in [0.3, 0.4) is 0 Å². The first kappa shape index (κ1) is 20.1. The Hall–Kier alpha value is -3.19. The van der Waals surface area contributed by atoms with Gasteiger partial charge in [0.1, 0.15) is 11.6 Å². The van der Waals surface area contributed by atoms with E-state index >= 15 is 0 Å². The van der Waals surface area contributed by atoms with Gasteiger partial charge in [0.25, 0.3) is 5.91 Å². The molecule has 0 bridgehead atoms. The van der Waals surface area contributed by atoms with Crippen molar-refractivity contribution in [3.8, 4) is 10.9 Å². The van der Waals surface area contributed by atoms with Crippen molar-refractivity contribution in [2.45, 2.75) is 33.1 Å². The summed E-state index contributed by atoms with van der Waals surface area (Å²) in [5.74, 6) is 1.08. The minimum Gasteiger partial charge on any atom is -0.494 e. The van der Waals surface area contributed by atoms with Crippen molar-refractivity contribution >= 4 is 33.3 Å². The Bertz CT molecular complexity index is 1130. The third kappa shape index (κ3) is 4.52. The first-order valence-corrected chi connectivity index (χ1v) is 10.9. The first-order valence-electron chi connectivity index (χ1n) is 10.1. The highest BCUT2D eigenvalue weighted by molar-refractivity contribution is 7.20. The maximum atomic E-state index is 12.9. The van der Waals surface area contributed by atoms with Crippen molar-refractivity contribution in [2.24, 2.45) is 0 Å². The van der Waals surface area contributed by atoms with Crippen LogP contribution in [0.1, 0.15) is 42.2 Å². The molecule has 0 aliphatic heterocycles. The van der Waals surface area contributed by atoms with Crippen LogP contribution in [0, 0.1) is 6.92 Å². The molecule has 0 atom stereocenters. The highest BCUT2D eigenvalue weighted by atomic mass is 32.1. The number of carbonyl (C=O) groups excluding carboxylic acids is 1. The number of unbranched alkanes of at least 4 members (excludes halogenated alkanes) is 2. The summed E-state index contributed by atoms with van der Waals surface area (Å²) in [6.45, 7) is 4.71. The van der Waals surface area contributed by atoms with E-state index in [0.29, 0.717) is 28.9 Å². The Morgan fingerprint density at radius 1 is 1.13 bits per heavy atom. The smallest absolute Gasteiger partial charge is 0.256 e. The number of benzene rings is 2. The van der Waals surface area contributed by atoms with E-state index in [0.717, 1.165) is 35.2 Å². The SMILES string of the molecule is CCCCCOc1cccc(C(=O)Nc2cc(C)nn2-c2nc3ccccc3s2)c1. The second-order valence-electron chi connectivity index (χ2n) is 7.08. The number of hydrogen-bond acceptors (Lipinski definition) is 5. The Morgan fingerprint density at radius 3 is 2.83 bits per heavy atom. The number of aryl methyl sites for hydroxylation is 1. The molecule has 6 nitrogen and oxygen atoms in total. The average molecular weight is 421 g/mol. The molecule has 4 aromatic rings. The van der Waals surface area contributed by atoms with E-state index in [-0.39, 0.29) is 5.91 Å². The summed E-state index contributed by atoms with van der Waals surface area (Å²) >= 11 is 1.53. The molecule has 30 heavy (non-hydrogen) atoms. The summed E-state index contributed by atoms with van der Waals surface area (Å²) in [7, 11) is 0. The van der Waals surface area contributed by atoms with Gasteiger partial charge in [-0.05, 0) is 43.7 Å². The maximum absolute atomic E-state index is 12.9. The third-order valence-corrected chi connectivity index (χ3v) is 5.66. The minimum atomic E-state index is -0.212. The lowest BCUT2D eigenvalue weighted by molar-refractivity contribution is 0.102. The number of fused-ring (bicyclic) bond motifs is 1. The second-order valence-corrected chi connectivity index (χ2v) is 8.09. The molecule has 1 amide bonds. The average Bonchev–Trinajstić information content (AvgIpc) is 3.34. The molecule has 2 aromatic heterocycles. The van der Waals surface area contributed by atoms with Gasteiger partial charge in [0.2, 0.25) is 5.13 Å². The molecule has 0 radical (unpaired) electrons. The van der Waals surface area contributed by atoms with Gasteiger partial charge >= 0.3 is 0 Å². The Morgan fingerprint density at radius 2 is 2.00 bits per heavy atom. The fourth-order valence-electron chi connectivity index (χ4n) is 3.14. The molecule has 0 fully saturated rings. The Kier molecular flexibility index (Phi) is 6.09. The maximum Gasteiger partial charge on any atom is 0.256 e. The van der Waals surface area contributed by atoms with Gasteiger partial charge in [-0.15, -0.1) is 0 Å². The highest BCUT2D eigenvalue weighted by Crippen LogP contribution is 2.27. The van der Waals surface area contributed by atoms with Gasteiger partial charge < -0.3 is 10.1 Å².